The van der Waals surface area contributed by atoms with Gasteiger partial charge in [0, 0.05) is 0 Å². The number of hydrogen-bond donors (Lipinski definition) is 6. The van der Waals surface area contributed by atoms with E-state index in [2.05, 4.69) is 4.52 Å². The maximum absolute atomic E-state index is 10.3. The summed E-state index contributed by atoms with van der Waals surface area (Å²) in [5, 5.41) is 55.4. The molecule has 0 aliphatic heterocycles. The van der Waals surface area contributed by atoms with Crippen LogP contribution < -0.4 is 9.79 Å². The van der Waals surface area contributed by atoms with E-state index in [1.807, 2.05) is 0 Å². The third kappa shape index (κ3) is 3.39. The molecule has 1 aliphatic carbocycles. The Balaban J connectivity index is 0.00000289. The number of aliphatic hydroxyl groups excluding tert-OH is 5. The molecule has 1 fully saturated rings. The first kappa shape index (κ1) is 18.6. The number of rotatable bonds is 2. The zero-order valence-electron chi connectivity index (χ0n) is 8.86. The Morgan fingerprint density at radius 2 is 1.28 bits per heavy atom. The van der Waals surface area contributed by atoms with Crippen molar-refractivity contribution in [3.05, 3.63) is 0 Å². The van der Waals surface area contributed by atoms with E-state index in [-0.39, 0.29) is 23.1 Å². The second kappa shape index (κ2) is 5.95. The minimum Gasteiger partial charge on any atom is -0.790 e. The van der Waals surface area contributed by atoms with Crippen LogP contribution in [-0.2, 0) is 9.09 Å². The molecule has 0 bridgehead atoms. The van der Waals surface area contributed by atoms with Gasteiger partial charge in [0.2, 0.25) is 5.79 Å². The Labute approximate surface area is 117 Å². The maximum atomic E-state index is 10.3. The van der Waals surface area contributed by atoms with E-state index in [1.165, 1.54) is 0 Å². The monoisotopic (exact) mass is 298 g/mol. The fraction of sp³-hybridized carbons (Fsp3) is 1.00. The minimum atomic E-state index is -5.82. The van der Waals surface area contributed by atoms with E-state index in [0.717, 1.165) is 0 Å². The predicted molar refractivity (Wildman–Crippen MR) is 49.4 cm³/mol. The first-order chi connectivity index (χ1) is 7.50. The fourth-order valence-electron chi connectivity index (χ4n) is 1.53. The summed E-state index contributed by atoms with van der Waals surface area (Å²) in [5.74, 6) is -3.43. The van der Waals surface area contributed by atoms with Crippen LogP contribution in [0, 0.1) is 0 Å². The molecule has 0 spiro atoms. The van der Waals surface area contributed by atoms with Gasteiger partial charge in [-0.1, -0.05) is 0 Å². The summed E-state index contributed by atoms with van der Waals surface area (Å²) in [7, 11) is -5.82. The summed E-state index contributed by atoms with van der Waals surface area (Å²) in [6, 6.07) is 0. The number of phosphoric ester groups is 1. The van der Waals surface area contributed by atoms with Crippen LogP contribution in [-0.4, -0.2) is 90.0 Å². The molecule has 0 aromatic heterocycles. The average molecular weight is 298 g/mol. The van der Waals surface area contributed by atoms with Crippen LogP contribution in [0.3, 0.4) is 0 Å². The third-order valence-electron chi connectivity index (χ3n) is 2.45. The molecule has 6 N–H and O–H groups in total. The third-order valence-corrected chi connectivity index (χ3v) is 2.97. The van der Waals surface area contributed by atoms with Gasteiger partial charge >= 0.3 is 23.1 Å². The quantitative estimate of drug-likeness (QED) is 0.162. The summed E-state index contributed by atoms with van der Waals surface area (Å²) >= 11 is 0. The summed E-state index contributed by atoms with van der Waals surface area (Å²) in [6.45, 7) is 0. The number of aliphatic hydroxyl groups is 6. The van der Waals surface area contributed by atoms with Gasteiger partial charge in [0.15, 0.2) is 0 Å². The molecule has 1 aliphatic rings. The van der Waals surface area contributed by atoms with Crippen LogP contribution in [0.15, 0.2) is 0 Å². The SMILES string of the molecule is O=P([O-])([O-])OC1(O)[C@H](O)[C@H](O)C(O)[C@H](O)[C@H]1O.[Mg+2]. The Kier molecular flexibility index (Phi) is 6.16. The van der Waals surface area contributed by atoms with Gasteiger partial charge in [-0.25, -0.2) is 0 Å². The van der Waals surface area contributed by atoms with Crippen molar-refractivity contribution in [3.8, 4) is 0 Å². The number of phosphoric acid groups is 1. The van der Waals surface area contributed by atoms with Gasteiger partial charge in [0.1, 0.15) is 30.5 Å². The zero-order chi connectivity index (χ0) is 13.6. The van der Waals surface area contributed by atoms with Gasteiger partial charge < -0.3 is 49.5 Å². The van der Waals surface area contributed by atoms with Crippen molar-refractivity contribution in [1.82, 2.24) is 0 Å². The van der Waals surface area contributed by atoms with Gasteiger partial charge in [-0.2, -0.15) is 0 Å². The minimum absolute atomic E-state index is 0. The van der Waals surface area contributed by atoms with Crippen LogP contribution in [0.25, 0.3) is 0 Å². The van der Waals surface area contributed by atoms with E-state index < -0.39 is 44.1 Å². The average Bonchev–Trinajstić information content (AvgIpc) is 2.19. The summed E-state index contributed by atoms with van der Waals surface area (Å²) in [5.41, 5.74) is 0. The second-order valence-corrected chi connectivity index (χ2v) is 4.73. The Morgan fingerprint density at radius 3 is 1.56 bits per heavy atom. The topological polar surface area (TPSA) is 194 Å². The van der Waals surface area contributed by atoms with Crippen molar-refractivity contribution < 1.29 is 49.5 Å². The van der Waals surface area contributed by atoms with Gasteiger partial charge in [0.25, 0.3) is 0 Å². The summed E-state index contributed by atoms with van der Waals surface area (Å²) in [6.07, 6.45) is -11.5. The van der Waals surface area contributed by atoms with Crippen LogP contribution >= 0.6 is 7.82 Å². The molecular weight excluding hydrogens is 287 g/mol. The standard InChI is InChI=1S/C6H13O10P.Mg/c7-1-2(8)4(10)6(12,5(11)3(1)9)16-17(13,14)15;/h1-5,7-12H,(H2,13,14,15);/q;+2/p-2/t1?,2-,3+,4-,5-,6?;/m1./s1. The van der Waals surface area contributed by atoms with Gasteiger partial charge in [-0.05, 0) is 0 Å². The molecule has 0 heterocycles. The molecule has 0 saturated heterocycles. The van der Waals surface area contributed by atoms with E-state index in [9.17, 15) is 29.7 Å². The Hall–Kier alpha value is 0.636. The van der Waals surface area contributed by atoms with Crippen molar-refractivity contribution in [3.63, 3.8) is 0 Å². The first-order valence-electron chi connectivity index (χ1n) is 4.36. The molecule has 12 heteroatoms. The molecule has 2 unspecified atom stereocenters. The van der Waals surface area contributed by atoms with Gasteiger partial charge in [-0.3, -0.25) is 0 Å². The molecule has 0 aromatic rings. The second-order valence-electron chi connectivity index (χ2n) is 3.65. The fourth-order valence-corrected chi connectivity index (χ4v) is 2.10. The van der Waals surface area contributed by atoms with Crippen LogP contribution in [0.4, 0.5) is 0 Å². The van der Waals surface area contributed by atoms with Crippen molar-refractivity contribution in [2.45, 2.75) is 36.3 Å². The van der Waals surface area contributed by atoms with E-state index >= 15 is 0 Å². The molecule has 1 saturated carbocycles. The Bertz CT molecular complexity index is 316. The van der Waals surface area contributed by atoms with Crippen molar-refractivity contribution in [2.24, 2.45) is 0 Å². The molecular formula is C6H11MgO10P. The first-order valence-corrected chi connectivity index (χ1v) is 5.82. The Morgan fingerprint density at radius 1 is 0.944 bits per heavy atom. The molecule has 18 heavy (non-hydrogen) atoms. The maximum Gasteiger partial charge on any atom is 2.00 e. The summed E-state index contributed by atoms with van der Waals surface area (Å²) in [4.78, 5) is 20.7. The molecule has 10 nitrogen and oxygen atoms in total. The van der Waals surface area contributed by atoms with Gasteiger partial charge in [-0.15, -0.1) is 0 Å². The molecule has 0 radical (unpaired) electrons. The zero-order valence-corrected chi connectivity index (χ0v) is 11.2. The number of hydrogen-bond acceptors (Lipinski definition) is 10. The van der Waals surface area contributed by atoms with Crippen molar-refractivity contribution in [1.29, 1.82) is 0 Å². The van der Waals surface area contributed by atoms with Gasteiger partial charge in [0.05, 0.1) is 7.82 Å². The van der Waals surface area contributed by atoms with E-state index in [4.69, 9.17) is 15.3 Å². The van der Waals surface area contributed by atoms with Crippen molar-refractivity contribution >= 4 is 30.9 Å². The normalized spacial score (nSPS) is 45.4. The molecule has 6 atom stereocenters. The molecule has 102 valence electrons. The van der Waals surface area contributed by atoms with E-state index in [0.29, 0.717) is 0 Å². The predicted octanol–water partition coefficient (Wildman–Crippen LogP) is -6.04. The molecule has 1 rings (SSSR count). The van der Waals surface area contributed by atoms with Crippen molar-refractivity contribution in [2.75, 3.05) is 0 Å². The van der Waals surface area contributed by atoms with Crippen LogP contribution in [0.1, 0.15) is 0 Å². The van der Waals surface area contributed by atoms with Crippen LogP contribution in [0.5, 0.6) is 0 Å². The van der Waals surface area contributed by atoms with Crippen LogP contribution in [0.2, 0.25) is 0 Å². The van der Waals surface area contributed by atoms with E-state index in [1.54, 1.807) is 0 Å². The summed E-state index contributed by atoms with van der Waals surface area (Å²) < 4.78 is 13.9. The smallest absolute Gasteiger partial charge is 0.790 e. The molecule has 0 aromatic carbocycles. The molecule has 0 amide bonds. The largest absolute Gasteiger partial charge is 2.00 e.